The Morgan fingerprint density at radius 1 is 1.00 bits per heavy atom. The van der Waals surface area contributed by atoms with Crippen molar-refractivity contribution in [2.75, 3.05) is 25.5 Å². The molecule has 3 aromatic carbocycles. The molecule has 0 aliphatic heterocycles. The van der Waals surface area contributed by atoms with Gasteiger partial charge in [-0.2, -0.15) is 0 Å². The molecular formula is C34H40N2O5. The summed E-state index contributed by atoms with van der Waals surface area (Å²) in [6, 6.07) is 23.5. The molecule has 4 rings (SSSR count). The van der Waals surface area contributed by atoms with Gasteiger partial charge in [0.15, 0.2) is 0 Å². The van der Waals surface area contributed by atoms with E-state index in [0.29, 0.717) is 31.2 Å². The number of aryl methyl sites for hydroxylation is 1. The number of carbonyl (C=O) groups excluding carboxylic acids is 2. The lowest BCUT2D eigenvalue weighted by Gasteiger charge is -2.21. The van der Waals surface area contributed by atoms with Crippen LogP contribution in [0.15, 0.2) is 77.2 Å². The number of ether oxygens (including phenoxy) is 2. The minimum Gasteiger partial charge on any atom is -0.489 e. The van der Waals surface area contributed by atoms with Gasteiger partial charge in [0.05, 0.1) is 19.1 Å². The van der Waals surface area contributed by atoms with Gasteiger partial charge in [-0.1, -0.05) is 44.2 Å². The van der Waals surface area contributed by atoms with E-state index in [2.05, 4.69) is 38.2 Å². The van der Waals surface area contributed by atoms with Gasteiger partial charge in [-0.05, 0) is 74.2 Å². The molecule has 0 saturated carbocycles. The third kappa shape index (κ3) is 7.91. The molecule has 41 heavy (non-hydrogen) atoms. The predicted molar refractivity (Wildman–Crippen MR) is 162 cm³/mol. The van der Waals surface area contributed by atoms with Gasteiger partial charge in [-0.25, -0.2) is 0 Å². The number of hydrogen-bond donors (Lipinski definition) is 1. The summed E-state index contributed by atoms with van der Waals surface area (Å²) in [6.07, 6.45) is 1.04. The monoisotopic (exact) mass is 556 g/mol. The first-order chi connectivity index (χ1) is 19.7. The number of hydrogen-bond acceptors (Lipinski definition) is 6. The van der Waals surface area contributed by atoms with Gasteiger partial charge in [0, 0.05) is 35.8 Å². The summed E-state index contributed by atoms with van der Waals surface area (Å²) in [5.41, 5.74) is 4.48. The van der Waals surface area contributed by atoms with E-state index >= 15 is 0 Å². The Labute approximate surface area is 242 Å². The molecule has 1 aromatic heterocycles. The van der Waals surface area contributed by atoms with Crippen LogP contribution < -0.4 is 10.1 Å². The largest absolute Gasteiger partial charge is 0.489 e. The van der Waals surface area contributed by atoms with Crippen molar-refractivity contribution >= 4 is 28.5 Å². The van der Waals surface area contributed by atoms with E-state index in [-0.39, 0.29) is 24.3 Å². The Hall–Kier alpha value is -4.26. The third-order valence-electron chi connectivity index (χ3n) is 6.99. The molecule has 0 spiro atoms. The molecule has 0 saturated heterocycles. The van der Waals surface area contributed by atoms with Crippen LogP contribution in [0.4, 0.5) is 5.69 Å². The minimum absolute atomic E-state index is 0.0510. The summed E-state index contributed by atoms with van der Waals surface area (Å²) in [5, 5.41) is 4.66. The average Bonchev–Trinajstić information content (AvgIpc) is 3.30. The van der Waals surface area contributed by atoms with Gasteiger partial charge in [0.25, 0.3) is 5.91 Å². The van der Waals surface area contributed by atoms with Crippen LogP contribution in [0, 0.1) is 12.8 Å². The number of nitrogens with one attached hydrogen (secondary N) is 1. The van der Waals surface area contributed by atoms with Gasteiger partial charge >= 0.3 is 5.97 Å². The van der Waals surface area contributed by atoms with Crippen LogP contribution in [0.25, 0.3) is 11.0 Å². The summed E-state index contributed by atoms with van der Waals surface area (Å²) < 4.78 is 17.4. The summed E-state index contributed by atoms with van der Waals surface area (Å²) in [6.45, 7) is 9.38. The average molecular weight is 557 g/mol. The van der Waals surface area contributed by atoms with E-state index in [1.807, 2.05) is 48.5 Å². The molecule has 7 heteroatoms. The highest BCUT2D eigenvalue weighted by molar-refractivity contribution is 5.94. The van der Waals surface area contributed by atoms with Crippen LogP contribution >= 0.6 is 0 Å². The summed E-state index contributed by atoms with van der Waals surface area (Å²) in [4.78, 5) is 26.0. The second kappa shape index (κ2) is 13.9. The molecule has 1 unspecified atom stereocenters. The van der Waals surface area contributed by atoms with Crippen molar-refractivity contribution in [3.05, 3.63) is 95.2 Å². The lowest BCUT2D eigenvalue weighted by atomic mass is 9.98. The SMILES string of the molecule is CCOC(=O)CCN(C)C(=O)c1ccc(NC(CC(C)C)c2oc3ccc(OCc4ccccc4)cc3c2C)cc1. The summed E-state index contributed by atoms with van der Waals surface area (Å²) >= 11 is 0. The molecule has 216 valence electrons. The van der Waals surface area contributed by atoms with E-state index in [9.17, 15) is 9.59 Å². The Bertz CT molecular complexity index is 1440. The Morgan fingerprint density at radius 3 is 2.41 bits per heavy atom. The lowest BCUT2D eigenvalue weighted by molar-refractivity contribution is -0.143. The summed E-state index contributed by atoms with van der Waals surface area (Å²) in [7, 11) is 1.69. The van der Waals surface area contributed by atoms with Gasteiger partial charge < -0.3 is 24.1 Å². The Morgan fingerprint density at radius 2 is 1.73 bits per heavy atom. The van der Waals surface area contributed by atoms with Gasteiger partial charge in [-0.3, -0.25) is 9.59 Å². The topological polar surface area (TPSA) is 81.0 Å². The van der Waals surface area contributed by atoms with Crippen LogP contribution in [0.2, 0.25) is 0 Å². The van der Waals surface area contributed by atoms with E-state index in [0.717, 1.165) is 45.7 Å². The maximum atomic E-state index is 12.8. The van der Waals surface area contributed by atoms with Crippen molar-refractivity contribution in [1.29, 1.82) is 0 Å². The number of benzene rings is 3. The zero-order valence-electron chi connectivity index (χ0n) is 24.6. The maximum absolute atomic E-state index is 12.8. The molecule has 1 N–H and O–H groups in total. The fourth-order valence-electron chi connectivity index (χ4n) is 4.81. The predicted octanol–water partition coefficient (Wildman–Crippen LogP) is 7.54. The highest BCUT2D eigenvalue weighted by atomic mass is 16.5. The molecule has 4 aromatic rings. The first-order valence-corrected chi connectivity index (χ1v) is 14.2. The number of carbonyl (C=O) groups is 2. The highest BCUT2D eigenvalue weighted by Gasteiger charge is 2.22. The molecule has 0 aliphatic carbocycles. The van der Waals surface area contributed by atoms with Crippen LogP contribution in [0.1, 0.15) is 66.9 Å². The number of nitrogens with zero attached hydrogens (tertiary/aromatic N) is 1. The van der Waals surface area contributed by atoms with Crippen molar-refractivity contribution in [1.82, 2.24) is 4.90 Å². The molecular weight excluding hydrogens is 516 g/mol. The van der Waals surface area contributed by atoms with E-state index in [4.69, 9.17) is 13.9 Å². The van der Waals surface area contributed by atoms with Gasteiger partial charge in [-0.15, -0.1) is 0 Å². The number of furan rings is 1. The number of anilines is 1. The number of rotatable bonds is 13. The van der Waals surface area contributed by atoms with Crippen LogP contribution in [0.5, 0.6) is 5.75 Å². The Kier molecular flexibility index (Phi) is 10.1. The quantitative estimate of drug-likeness (QED) is 0.171. The number of fused-ring (bicyclic) bond motifs is 1. The van der Waals surface area contributed by atoms with Crippen molar-refractivity contribution in [3.8, 4) is 5.75 Å². The van der Waals surface area contributed by atoms with Crippen molar-refractivity contribution in [3.63, 3.8) is 0 Å². The maximum Gasteiger partial charge on any atom is 0.307 e. The first kappa shape index (κ1) is 29.7. The fourth-order valence-corrected chi connectivity index (χ4v) is 4.81. The second-order valence-corrected chi connectivity index (χ2v) is 10.7. The van der Waals surface area contributed by atoms with Crippen LogP contribution in [0.3, 0.4) is 0 Å². The highest BCUT2D eigenvalue weighted by Crippen LogP contribution is 2.36. The van der Waals surface area contributed by atoms with Crippen molar-refractivity contribution < 1.29 is 23.5 Å². The number of amides is 1. The van der Waals surface area contributed by atoms with E-state index < -0.39 is 0 Å². The molecule has 7 nitrogen and oxygen atoms in total. The van der Waals surface area contributed by atoms with E-state index in [1.54, 1.807) is 26.1 Å². The van der Waals surface area contributed by atoms with Gasteiger partial charge in [0.1, 0.15) is 23.7 Å². The minimum atomic E-state index is -0.306. The molecule has 1 heterocycles. The molecule has 1 amide bonds. The van der Waals surface area contributed by atoms with Crippen molar-refractivity contribution in [2.24, 2.45) is 5.92 Å². The van der Waals surface area contributed by atoms with Crippen molar-refractivity contribution in [2.45, 2.75) is 53.2 Å². The van der Waals surface area contributed by atoms with Crippen LogP contribution in [-0.4, -0.2) is 37.0 Å². The molecule has 0 fully saturated rings. The Balaban J connectivity index is 1.47. The molecule has 0 aliphatic rings. The molecule has 1 atom stereocenters. The zero-order valence-corrected chi connectivity index (χ0v) is 24.6. The van der Waals surface area contributed by atoms with Crippen LogP contribution in [-0.2, 0) is 16.1 Å². The molecule has 0 radical (unpaired) electrons. The molecule has 0 bridgehead atoms. The lowest BCUT2D eigenvalue weighted by Crippen LogP contribution is -2.29. The summed E-state index contributed by atoms with van der Waals surface area (Å²) in [5.74, 6) is 1.68. The normalized spacial score (nSPS) is 11.9. The van der Waals surface area contributed by atoms with E-state index in [1.165, 1.54) is 4.90 Å². The zero-order chi connectivity index (χ0) is 29.4. The number of esters is 1. The fraction of sp³-hybridized carbons (Fsp3) is 0.353. The second-order valence-electron chi connectivity index (χ2n) is 10.7. The first-order valence-electron chi connectivity index (χ1n) is 14.2. The third-order valence-corrected chi connectivity index (χ3v) is 6.99. The standard InChI is InChI=1S/C34H40N2O5/c1-6-39-32(37)18-19-36(5)34(38)26-12-14-27(15-13-26)35-30(20-23(2)3)33-24(4)29-21-28(16-17-31(29)41-33)40-22-25-10-8-7-9-11-25/h7-17,21,23,30,35H,6,18-20,22H2,1-5H3. The smallest absolute Gasteiger partial charge is 0.307 e. The van der Waals surface area contributed by atoms with Gasteiger partial charge in [0.2, 0.25) is 0 Å².